The van der Waals surface area contributed by atoms with Crippen LogP contribution in [0, 0.1) is 5.92 Å². The summed E-state index contributed by atoms with van der Waals surface area (Å²) < 4.78 is 1.57. The molecule has 0 saturated carbocycles. The minimum Gasteiger partial charge on any atom is -0.355 e. The molecule has 0 atom stereocenters. The van der Waals surface area contributed by atoms with Crippen molar-refractivity contribution < 1.29 is 4.79 Å². The van der Waals surface area contributed by atoms with Crippen LogP contribution in [0.25, 0.3) is 16.7 Å². The largest absolute Gasteiger partial charge is 0.355 e. The highest BCUT2D eigenvalue weighted by atomic mass is 16.2. The number of aromatic nitrogens is 6. The number of hydrogen-bond donors (Lipinski definition) is 1. The maximum atomic E-state index is 12.5. The Balaban J connectivity index is 1.24. The number of carbonyl (C=O) groups excluding carboxylic acids is 1. The Morgan fingerprint density at radius 2 is 1.89 bits per heavy atom. The fourth-order valence-corrected chi connectivity index (χ4v) is 3.18. The first-order chi connectivity index (χ1) is 13.8. The van der Waals surface area contributed by atoms with Gasteiger partial charge >= 0.3 is 0 Å². The van der Waals surface area contributed by atoms with Crippen molar-refractivity contribution in [2.45, 2.75) is 0 Å². The van der Waals surface area contributed by atoms with Gasteiger partial charge in [0.2, 0.25) is 5.91 Å². The molecule has 0 spiro atoms. The van der Waals surface area contributed by atoms with E-state index in [0.29, 0.717) is 24.6 Å². The van der Waals surface area contributed by atoms with Crippen LogP contribution >= 0.6 is 0 Å². The summed E-state index contributed by atoms with van der Waals surface area (Å²) in [6.07, 6.45) is 6.20. The van der Waals surface area contributed by atoms with E-state index in [2.05, 4.69) is 30.4 Å². The lowest BCUT2D eigenvalue weighted by molar-refractivity contribution is -0.120. The van der Waals surface area contributed by atoms with Crippen LogP contribution in [-0.4, -0.2) is 48.7 Å². The fraction of sp³-hybridized carbons (Fsp3) is 0.158. The summed E-state index contributed by atoms with van der Waals surface area (Å²) in [5, 5.41) is 8.03. The Morgan fingerprint density at radius 1 is 1.04 bits per heavy atom. The summed E-state index contributed by atoms with van der Waals surface area (Å²) in [4.78, 5) is 31.4. The normalized spacial score (nSPS) is 14.1. The SMILES string of the molecule is O=C(Nc1cnc2ccccc2c1)C1CN(c2cc(-n3cncn3)ncn2)C1. The lowest BCUT2D eigenvalue weighted by Crippen LogP contribution is -2.52. The fourth-order valence-electron chi connectivity index (χ4n) is 3.18. The second-order valence-corrected chi connectivity index (χ2v) is 6.58. The van der Waals surface area contributed by atoms with Crippen molar-refractivity contribution in [1.82, 2.24) is 29.7 Å². The molecule has 9 nitrogen and oxygen atoms in total. The minimum absolute atomic E-state index is 0.0149. The molecule has 4 heterocycles. The molecule has 9 heteroatoms. The summed E-state index contributed by atoms with van der Waals surface area (Å²) >= 11 is 0. The van der Waals surface area contributed by atoms with E-state index in [-0.39, 0.29) is 11.8 Å². The van der Waals surface area contributed by atoms with E-state index in [1.807, 2.05) is 41.3 Å². The molecule has 5 rings (SSSR count). The van der Waals surface area contributed by atoms with Crippen molar-refractivity contribution in [3.05, 3.63) is 61.6 Å². The van der Waals surface area contributed by atoms with Crippen LogP contribution in [0.15, 0.2) is 61.6 Å². The van der Waals surface area contributed by atoms with E-state index in [9.17, 15) is 4.79 Å². The van der Waals surface area contributed by atoms with Crippen LogP contribution in [0.3, 0.4) is 0 Å². The lowest BCUT2D eigenvalue weighted by atomic mass is 9.99. The number of hydrogen-bond acceptors (Lipinski definition) is 7. The van der Waals surface area contributed by atoms with Gasteiger partial charge in [-0.15, -0.1) is 0 Å². The highest BCUT2D eigenvalue weighted by Crippen LogP contribution is 2.25. The van der Waals surface area contributed by atoms with Crippen LogP contribution in [0.5, 0.6) is 0 Å². The molecule has 0 bridgehead atoms. The van der Waals surface area contributed by atoms with Crippen LogP contribution in [0.2, 0.25) is 0 Å². The van der Waals surface area contributed by atoms with Crippen LogP contribution in [-0.2, 0) is 4.79 Å². The second kappa shape index (κ2) is 6.69. The van der Waals surface area contributed by atoms with Gasteiger partial charge in [0.1, 0.15) is 24.8 Å². The van der Waals surface area contributed by atoms with Crippen molar-refractivity contribution in [1.29, 1.82) is 0 Å². The van der Waals surface area contributed by atoms with Gasteiger partial charge in [0.25, 0.3) is 0 Å². The second-order valence-electron chi connectivity index (χ2n) is 6.58. The zero-order chi connectivity index (χ0) is 18.9. The molecule has 0 aliphatic carbocycles. The first kappa shape index (κ1) is 16.3. The maximum Gasteiger partial charge on any atom is 0.231 e. The van der Waals surface area contributed by atoms with E-state index in [1.165, 1.54) is 12.7 Å². The van der Waals surface area contributed by atoms with E-state index in [4.69, 9.17) is 0 Å². The summed E-state index contributed by atoms with van der Waals surface area (Å²) in [5.74, 6) is 1.28. The molecule has 1 aliphatic heterocycles. The molecule has 1 saturated heterocycles. The zero-order valence-electron chi connectivity index (χ0n) is 14.8. The van der Waals surface area contributed by atoms with E-state index < -0.39 is 0 Å². The Bertz CT molecular complexity index is 1140. The number of rotatable bonds is 4. The van der Waals surface area contributed by atoms with E-state index in [1.54, 1.807) is 17.2 Å². The van der Waals surface area contributed by atoms with Gasteiger partial charge in [-0.25, -0.2) is 19.6 Å². The maximum absolute atomic E-state index is 12.5. The third-order valence-electron chi connectivity index (χ3n) is 4.73. The van der Waals surface area contributed by atoms with Crippen molar-refractivity contribution in [3.8, 4) is 5.82 Å². The van der Waals surface area contributed by atoms with Crippen molar-refractivity contribution in [2.75, 3.05) is 23.3 Å². The quantitative estimate of drug-likeness (QED) is 0.581. The van der Waals surface area contributed by atoms with Crippen molar-refractivity contribution in [2.24, 2.45) is 5.92 Å². The van der Waals surface area contributed by atoms with Gasteiger partial charge in [0.05, 0.1) is 23.3 Å². The number of benzene rings is 1. The standard InChI is InChI=1S/C19H16N8O/c28-19(25-15-5-13-3-1-2-4-16(13)21-7-15)14-8-26(9-14)17-6-18(23-11-22-17)27-12-20-10-24-27/h1-7,10-12,14H,8-9H2,(H,25,28). The molecule has 28 heavy (non-hydrogen) atoms. The molecule has 138 valence electrons. The summed E-state index contributed by atoms with van der Waals surface area (Å²) in [7, 11) is 0. The number of amides is 1. The van der Waals surface area contributed by atoms with Crippen LogP contribution < -0.4 is 10.2 Å². The first-order valence-electron chi connectivity index (χ1n) is 8.84. The molecule has 1 aromatic carbocycles. The van der Waals surface area contributed by atoms with Gasteiger partial charge in [-0.2, -0.15) is 5.10 Å². The number of nitrogens with zero attached hydrogens (tertiary/aromatic N) is 7. The van der Waals surface area contributed by atoms with Gasteiger partial charge in [-0.1, -0.05) is 18.2 Å². The summed E-state index contributed by atoms with van der Waals surface area (Å²) in [5.41, 5.74) is 1.61. The number of anilines is 2. The Labute approximate surface area is 160 Å². The van der Waals surface area contributed by atoms with Crippen molar-refractivity contribution in [3.63, 3.8) is 0 Å². The zero-order valence-corrected chi connectivity index (χ0v) is 14.8. The van der Waals surface area contributed by atoms with E-state index in [0.717, 1.165) is 16.7 Å². The summed E-state index contributed by atoms with van der Waals surface area (Å²) in [6, 6.07) is 11.6. The molecule has 4 aromatic rings. The van der Waals surface area contributed by atoms with Crippen LogP contribution in [0.1, 0.15) is 0 Å². The predicted octanol–water partition coefficient (Wildman–Crippen LogP) is 1.68. The van der Waals surface area contributed by atoms with E-state index >= 15 is 0 Å². The predicted molar refractivity (Wildman–Crippen MR) is 103 cm³/mol. The molecule has 1 aliphatic rings. The molecule has 0 radical (unpaired) electrons. The molecule has 3 aromatic heterocycles. The highest BCUT2D eigenvalue weighted by molar-refractivity contribution is 5.96. The summed E-state index contributed by atoms with van der Waals surface area (Å²) in [6.45, 7) is 1.20. The van der Waals surface area contributed by atoms with Gasteiger partial charge in [-0.05, 0) is 12.1 Å². The third kappa shape index (κ3) is 3.02. The highest BCUT2D eigenvalue weighted by Gasteiger charge is 2.33. The van der Waals surface area contributed by atoms with Crippen LogP contribution in [0.4, 0.5) is 11.5 Å². The average molecular weight is 372 g/mol. The Kier molecular flexibility index (Phi) is 3.90. The number of carbonyl (C=O) groups is 1. The number of fused-ring (bicyclic) bond motifs is 1. The molecule has 1 N–H and O–H groups in total. The molecular weight excluding hydrogens is 356 g/mol. The Hall–Kier alpha value is -3.88. The number of nitrogens with one attached hydrogen (secondary N) is 1. The van der Waals surface area contributed by atoms with Gasteiger partial charge in [0.15, 0.2) is 5.82 Å². The van der Waals surface area contributed by atoms with Gasteiger partial charge in [-0.3, -0.25) is 9.78 Å². The molecule has 1 amide bonds. The van der Waals surface area contributed by atoms with Crippen molar-refractivity contribution >= 4 is 28.3 Å². The van der Waals surface area contributed by atoms with Gasteiger partial charge in [0, 0.05) is 24.5 Å². The smallest absolute Gasteiger partial charge is 0.231 e. The third-order valence-corrected chi connectivity index (χ3v) is 4.73. The first-order valence-corrected chi connectivity index (χ1v) is 8.84. The molecule has 1 fully saturated rings. The Morgan fingerprint density at radius 3 is 2.75 bits per heavy atom. The average Bonchev–Trinajstić information content (AvgIpc) is 3.22. The minimum atomic E-state index is -0.101. The molecule has 0 unspecified atom stereocenters. The lowest BCUT2D eigenvalue weighted by Gasteiger charge is -2.39. The number of para-hydroxylation sites is 1. The number of pyridine rings is 1. The molecular formula is C19H16N8O. The monoisotopic (exact) mass is 372 g/mol. The van der Waals surface area contributed by atoms with Gasteiger partial charge < -0.3 is 10.2 Å². The topological polar surface area (TPSA) is 102 Å².